The van der Waals surface area contributed by atoms with Crippen LogP contribution in [0.2, 0.25) is 5.02 Å². The topological polar surface area (TPSA) is 166 Å². The van der Waals surface area contributed by atoms with Crippen LogP contribution in [0.15, 0.2) is 88.5 Å². The number of benzene rings is 4. The summed E-state index contributed by atoms with van der Waals surface area (Å²) in [4.78, 5) is 41.2. The van der Waals surface area contributed by atoms with E-state index in [0.717, 1.165) is 25.2 Å². The SMILES string of the molecule is O=C(COc1ccc2sc3ccccc3c(=O)c2c1)OCCN(CCO)CCO.O=c1c2ccccc2sc2c(OCCCN(CCO)CCO)ccc(Cl)c12. The Labute approximate surface area is 336 Å². The van der Waals surface area contributed by atoms with Gasteiger partial charge in [-0.05, 0) is 61.0 Å². The van der Waals surface area contributed by atoms with E-state index in [1.807, 2.05) is 53.4 Å². The van der Waals surface area contributed by atoms with Gasteiger partial charge in [-0.2, -0.15) is 0 Å². The molecule has 0 radical (unpaired) electrons. The summed E-state index contributed by atoms with van der Waals surface area (Å²) in [5.74, 6) is 0.552. The first-order valence-electron chi connectivity index (χ1n) is 18.2. The normalized spacial score (nSPS) is 11.4. The molecule has 4 aromatic carbocycles. The van der Waals surface area contributed by atoms with Gasteiger partial charge in [-0.3, -0.25) is 19.4 Å². The fourth-order valence-corrected chi connectivity index (χ4v) is 8.53. The summed E-state index contributed by atoms with van der Waals surface area (Å²) in [5.41, 5.74) is -0.137. The lowest BCUT2D eigenvalue weighted by atomic mass is 10.2. The third-order valence-electron chi connectivity index (χ3n) is 8.76. The van der Waals surface area contributed by atoms with Gasteiger partial charge in [0.05, 0.1) is 48.1 Å². The van der Waals surface area contributed by atoms with Gasteiger partial charge < -0.3 is 34.6 Å². The molecule has 0 spiro atoms. The lowest BCUT2D eigenvalue weighted by molar-refractivity contribution is -0.146. The van der Waals surface area contributed by atoms with Crippen molar-refractivity contribution in [2.24, 2.45) is 0 Å². The highest BCUT2D eigenvalue weighted by Crippen LogP contribution is 2.36. The number of carbonyl (C=O) groups is 1. The van der Waals surface area contributed by atoms with Crippen LogP contribution in [0.1, 0.15) is 6.42 Å². The maximum Gasteiger partial charge on any atom is 0.344 e. The van der Waals surface area contributed by atoms with E-state index < -0.39 is 5.97 Å². The van der Waals surface area contributed by atoms with E-state index in [0.29, 0.717) is 83.9 Å². The molecule has 6 rings (SSSR count). The van der Waals surface area contributed by atoms with E-state index >= 15 is 0 Å². The molecule has 0 atom stereocenters. The Kier molecular flexibility index (Phi) is 16.8. The molecule has 15 heteroatoms. The molecule has 12 nitrogen and oxygen atoms in total. The first-order chi connectivity index (χ1) is 27.3. The number of nitrogens with zero attached hydrogens (tertiary/aromatic N) is 2. The van der Waals surface area contributed by atoms with Crippen molar-refractivity contribution in [3.05, 3.63) is 104 Å². The number of halogens is 1. The number of ether oxygens (including phenoxy) is 3. The Morgan fingerprint density at radius 3 is 1.88 bits per heavy atom. The second-order valence-electron chi connectivity index (χ2n) is 12.6. The van der Waals surface area contributed by atoms with Gasteiger partial charge in [0.2, 0.25) is 0 Å². The lowest BCUT2D eigenvalue weighted by Crippen LogP contribution is -2.33. The van der Waals surface area contributed by atoms with Crippen LogP contribution in [-0.2, 0) is 9.53 Å². The van der Waals surface area contributed by atoms with Gasteiger partial charge in [0.25, 0.3) is 0 Å². The summed E-state index contributed by atoms with van der Waals surface area (Å²) in [6.45, 7) is 3.38. The standard InChI is InChI=1S/C21H23NO6S.C20H22ClNO4S/c23-10-7-22(8-11-24)9-12-27-20(25)14-28-15-5-6-19-17(13-15)21(26)16-3-1-2-4-18(16)29-19;21-15-6-7-16(26-13-3-8-22(9-11-23)10-12-24)20-18(15)19(25)14-4-1-2-5-17(14)27-20/h1-6,13,23-24H,7-12,14H2;1-2,4-7,23-24H,3,8-13H2. The van der Waals surface area contributed by atoms with Crippen LogP contribution in [0.25, 0.3) is 40.3 Å². The first-order valence-corrected chi connectivity index (χ1v) is 20.2. The number of aliphatic hydroxyl groups excluding tert-OH is 4. The Hall–Kier alpha value is -4.22. The molecule has 4 N–H and O–H groups in total. The largest absolute Gasteiger partial charge is 0.492 e. The molecule has 0 aliphatic rings. The summed E-state index contributed by atoms with van der Waals surface area (Å²) in [7, 11) is 0. The van der Waals surface area contributed by atoms with Crippen LogP contribution in [0, 0.1) is 0 Å². The highest BCUT2D eigenvalue weighted by molar-refractivity contribution is 7.25. The van der Waals surface area contributed by atoms with Crippen molar-refractivity contribution in [2.45, 2.75) is 6.42 Å². The Balaban J connectivity index is 0.000000215. The van der Waals surface area contributed by atoms with Gasteiger partial charge >= 0.3 is 5.97 Å². The Bertz CT molecular complexity index is 2320. The lowest BCUT2D eigenvalue weighted by Gasteiger charge is -2.20. The van der Waals surface area contributed by atoms with Gasteiger partial charge in [-0.15, -0.1) is 22.7 Å². The average molecular weight is 825 g/mol. The van der Waals surface area contributed by atoms with E-state index in [-0.39, 0.29) is 50.5 Å². The molecular formula is C41H45ClN2O10S2. The maximum atomic E-state index is 12.8. The van der Waals surface area contributed by atoms with Gasteiger partial charge in [0.1, 0.15) is 18.1 Å². The molecule has 0 aliphatic heterocycles. The van der Waals surface area contributed by atoms with Crippen LogP contribution in [0.4, 0.5) is 0 Å². The molecule has 0 bridgehead atoms. The molecule has 6 aromatic rings. The van der Waals surface area contributed by atoms with Crippen LogP contribution < -0.4 is 20.3 Å². The zero-order valence-electron chi connectivity index (χ0n) is 30.7. The zero-order chi connectivity index (χ0) is 39.9. The van der Waals surface area contributed by atoms with E-state index in [1.165, 1.54) is 22.7 Å². The van der Waals surface area contributed by atoms with E-state index in [4.69, 9.17) is 46.2 Å². The van der Waals surface area contributed by atoms with E-state index in [1.54, 1.807) is 35.2 Å². The van der Waals surface area contributed by atoms with E-state index in [9.17, 15) is 14.4 Å². The second kappa shape index (κ2) is 21.9. The molecule has 0 amide bonds. The monoisotopic (exact) mass is 824 g/mol. The molecule has 0 saturated heterocycles. The Morgan fingerprint density at radius 2 is 1.21 bits per heavy atom. The van der Waals surface area contributed by atoms with E-state index in [2.05, 4.69) is 0 Å². The fourth-order valence-electron chi connectivity index (χ4n) is 6.01. The summed E-state index contributed by atoms with van der Waals surface area (Å²) in [6.07, 6.45) is 0.743. The summed E-state index contributed by atoms with van der Waals surface area (Å²) >= 11 is 9.34. The van der Waals surface area contributed by atoms with Crippen molar-refractivity contribution in [3.8, 4) is 11.5 Å². The molecule has 298 valence electrons. The molecule has 56 heavy (non-hydrogen) atoms. The summed E-state index contributed by atoms with van der Waals surface area (Å²) in [5, 5.41) is 38.9. The van der Waals surface area contributed by atoms with Crippen LogP contribution in [0.3, 0.4) is 0 Å². The van der Waals surface area contributed by atoms with Crippen LogP contribution in [-0.4, -0.2) is 122 Å². The highest BCUT2D eigenvalue weighted by Gasteiger charge is 2.14. The van der Waals surface area contributed by atoms with Crippen LogP contribution >= 0.6 is 34.3 Å². The highest BCUT2D eigenvalue weighted by atomic mass is 35.5. The van der Waals surface area contributed by atoms with Gasteiger partial charge in [-0.25, -0.2) is 4.79 Å². The number of aliphatic hydroxyl groups is 4. The van der Waals surface area contributed by atoms with Crippen molar-refractivity contribution in [3.63, 3.8) is 0 Å². The minimum atomic E-state index is -0.526. The number of rotatable bonds is 19. The Morgan fingerprint density at radius 1 is 0.625 bits per heavy atom. The van der Waals surface area contributed by atoms with Gasteiger partial charge in [0.15, 0.2) is 17.5 Å². The van der Waals surface area contributed by atoms with Crippen molar-refractivity contribution in [1.29, 1.82) is 0 Å². The minimum Gasteiger partial charge on any atom is -0.492 e. The predicted octanol–water partition coefficient (Wildman–Crippen LogP) is 4.75. The van der Waals surface area contributed by atoms with Crippen molar-refractivity contribution in [2.75, 3.05) is 85.5 Å². The maximum absolute atomic E-state index is 12.8. The summed E-state index contributed by atoms with van der Waals surface area (Å²) in [6, 6.07) is 23.6. The van der Waals surface area contributed by atoms with Crippen molar-refractivity contribution in [1.82, 2.24) is 9.80 Å². The third kappa shape index (κ3) is 11.4. The molecular weight excluding hydrogens is 780 g/mol. The third-order valence-corrected chi connectivity index (χ3v) is 11.4. The first kappa shape index (κ1) is 42.9. The fraction of sp³-hybridized carbons (Fsp3) is 0.341. The number of hydrogen-bond donors (Lipinski definition) is 4. The average Bonchev–Trinajstić information content (AvgIpc) is 3.20. The predicted molar refractivity (Wildman–Crippen MR) is 224 cm³/mol. The number of fused-ring (bicyclic) bond motifs is 4. The molecule has 0 saturated carbocycles. The molecule has 2 aromatic heterocycles. The molecule has 2 heterocycles. The van der Waals surface area contributed by atoms with Gasteiger partial charge in [-0.1, -0.05) is 35.9 Å². The van der Waals surface area contributed by atoms with Gasteiger partial charge in [0, 0.05) is 69.5 Å². The number of carbonyl (C=O) groups excluding carboxylic acids is 1. The molecule has 0 fully saturated rings. The zero-order valence-corrected chi connectivity index (χ0v) is 33.1. The van der Waals surface area contributed by atoms with Crippen molar-refractivity contribution >= 4 is 80.6 Å². The minimum absolute atomic E-state index is 0.0309. The summed E-state index contributed by atoms with van der Waals surface area (Å²) < 4.78 is 20.0. The smallest absolute Gasteiger partial charge is 0.344 e. The second-order valence-corrected chi connectivity index (χ2v) is 15.1. The number of esters is 1. The quantitative estimate of drug-likeness (QED) is 0.0504. The van der Waals surface area contributed by atoms with Crippen LogP contribution in [0.5, 0.6) is 11.5 Å². The number of hydrogen-bond acceptors (Lipinski definition) is 14. The molecule has 0 unspecified atom stereocenters. The van der Waals surface area contributed by atoms with Crippen molar-refractivity contribution < 1.29 is 39.4 Å². The molecule has 0 aliphatic carbocycles.